The number of rotatable bonds is 38. The first-order valence-electron chi connectivity index (χ1n) is 23.7. The SMILES string of the molecule is CCCCCCCCCCCCCCC/C=C/CC1CC(=O)N(CCNCCN2C(=O)CC(C/C=C/CCCCCCCCCCCCCCC)C2=O)C1=O. The van der Waals surface area contributed by atoms with Gasteiger partial charge in [-0.15, -0.1) is 0 Å². The minimum Gasteiger partial charge on any atom is -0.313 e. The Hall–Kier alpha value is -2.28. The van der Waals surface area contributed by atoms with Gasteiger partial charge in [-0.1, -0.05) is 192 Å². The van der Waals surface area contributed by atoms with Crippen molar-refractivity contribution in [2.45, 2.75) is 219 Å². The average molecular weight is 768 g/mol. The normalized spacial score (nSPS) is 17.8. The van der Waals surface area contributed by atoms with Gasteiger partial charge in [0.15, 0.2) is 0 Å². The Bertz CT molecular complexity index is 989. The van der Waals surface area contributed by atoms with Crippen LogP contribution >= 0.6 is 0 Å². The second-order valence-corrected chi connectivity index (χ2v) is 16.8. The molecule has 2 atom stereocenters. The minimum absolute atomic E-state index is 0.0766. The van der Waals surface area contributed by atoms with Gasteiger partial charge in [-0.2, -0.15) is 0 Å². The lowest BCUT2D eigenvalue weighted by Crippen LogP contribution is -2.40. The van der Waals surface area contributed by atoms with Crippen LogP contribution in [-0.4, -0.2) is 59.6 Å². The molecule has 2 heterocycles. The third-order valence-corrected chi connectivity index (χ3v) is 11.8. The van der Waals surface area contributed by atoms with Gasteiger partial charge in [-0.05, 0) is 38.5 Å². The van der Waals surface area contributed by atoms with Crippen LogP contribution in [0.3, 0.4) is 0 Å². The van der Waals surface area contributed by atoms with Gasteiger partial charge < -0.3 is 5.32 Å². The lowest BCUT2D eigenvalue weighted by molar-refractivity contribution is -0.140. The Morgan fingerprint density at radius 3 is 1.04 bits per heavy atom. The summed E-state index contributed by atoms with van der Waals surface area (Å²) in [5, 5.41) is 3.23. The van der Waals surface area contributed by atoms with Crippen molar-refractivity contribution in [1.29, 1.82) is 0 Å². The number of likely N-dealkylation sites (tertiary alicyclic amines) is 2. The van der Waals surface area contributed by atoms with E-state index in [1.807, 2.05) is 0 Å². The van der Waals surface area contributed by atoms with E-state index in [0.29, 0.717) is 39.0 Å². The maximum absolute atomic E-state index is 12.9. The predicted octanol–water partition coefficient (Wildman–Crippen LogP) is 12.2. The zero-order chi connectivity index (χ0) is 39.6. The van der Waals surface area contributed by atoms with Crippen molar-refractivity contribution >= 4 is 23.6 Å². The number of carbonyl (C=O) groups is 4. The molecule has 0 radical (unpaired) electrons. The molecule has 2 saturated heterocycles. The molecular formula is C48H85N3O4. The van der Waals surface area contributed by atoms with Crippen LogP contribution in [0.25, 0.3) is 0 Å². The summed E-state index contributed by atoms with van der Waals surface area (Å²) in [7, 11) is 0. The number of carbonyl (C=O) groups excluding carboxylic acids is 4. The Morgan fingerprint density at radius 1 is 0.436 bits per heavy atom. The topological polar surface area (TPSA) is 86.8 Å². The van der Waals surface area contributed by atoms with E-state index >= 15 is 0 Å². The largest absolute Gasteiger partial charge is 0.313 e. The van der Waals surface area contributed by atoms with E-state index in [0.717, 1.165) is 12.8 Å². The van der Waals surface area contributed by atoms with Crippen LogP contribution in [0.15, 0.2) is 24.3 Å². The first kappa shape index (κ1) is 48.9. The average Bonchev–Trinajstić information content (AvgIpc) is 3.61. The lowest BCUT2D eigenvalue weighted by atomic mass is 10.0. The summed E-state index contributed by atoms with van der Waals surface area (Å²) in [5.74, 6) is -0.862. The van der Waals surface area contributed by atoms with E-state index < -0.39 is 0 Å². The summed E-state index contributed by atoms with van der Waals surface area (Å²) in [4.78, 5) is 53.7. The molecule has 55 heavy (non-hydrogen) atoms. The van der Waals surface area contributed by atoms with Crippen molar-refractivity contribution in [1.82, 2.24) is 15.1 Å². The molecule has 0 aromatic rings. The highest BCUT2D eigenvalue weighted by Gasteiger charge is 2.38. The third-order valence-electron chi connectivity index (χ3n) is 11.8. The quantitative estimate of drug-likeness (QED) is 0.0384. The highest BCUT2D eigenvalue weighted by molar-refractivity contribution is 6.04. The fraction of sp³-hybridized carbons (Fsp3) is 0.833. The molecule has 0 saturated carbocycles. The third kappa shape index (κ3) is 23.5. The van der Waals surface area contributed by atoms with E-state index in [1.54, 1.807) is 0 Å². The molecule has 7 heteroatoms. The number of amides is 4. The van der Waals surface area contributed by atoms with Gasteiger partial charge >= 0.3 is 0 Å². The fourth-order valence-corrected chi connectivity index (χ4v) is 8.16. The van der Waals surface area contributed by atoms with Gasteiger partial charge in [0.25, 0.3) is 0 Å². The Morgan fingerprint density at radius 2 is 0.727 bits per heavy atom. The second kappa shape index (κ2) is 33.8. The summed E-state index contributed by atoms with van der Waals surface area (Å²) in [5.41, 5.74) is 0. The first-order valence-corrected chi connectivity index (χ1v) is 23.7. The van der Waals surface area contributed by atoms with Crippen LogP contribution in [0.4, 0.5) is 0 Å². The maximum Gasteiger partial charge on any atom is 0.233 e. The minimum atomic E-state index is -0.254. The van der Waals surface area contributed by atoms with E-state index in [2.05, 4.69) is 43.5 Å². The Labute approximate surface area is 338 Å². The monoisotopic (exact) mass is 768 g/mol. The van der Waals surface area contributed by atoms with Gasteiger partial charge in [-0.25, -0.2) is 0 Å². The van der Waals surface area contributed by atoms with Gasteiger partial charge in [0.1, 0.15) is 0 Å². The van der Waals surface area contributed by atoms with Crippen molar-refractivity contribution in [3.8, 4) is 0 Å². The zero-order valence-electron chi connectivity index (χ0n) is 35.9. The lowest BCUT2D eigenvalue weighted by Gasteiger charge is -2.17. The highest BCUT2D eigenvalue weighted by atomic mass is 16.2. The van der Waals surface area contributed by atoms with Crippen molar-refractivity contribution in [3.63, 3.8) is 0 Å². The molecule has 4 amide bonds. The standard InChI is InChI=1S/C48H85N3O4/c1-3-5-7-9-11-13-15-17-19-21-23-25-27-29-31-33-35-43-41-45(52)50(47(43)54)39-37-49-38-40-51-46(53)42-44(48(51)55)36-34-32-30-28-26-24-22-20-18-16-14-12-10-8-6-4-2/h31-34,43-44,49H,3-30,35-42H2,1-2H3/b33-31+,34-32+. The summed E-state index contributed by atoms with van der Waals surface area (Å²) < 4.78 is 0. The van der Waals surface area contributed by atoms with Crippen LogP contribution in [0.2, 0.25) is 0 Å². The second-order valence-electron chi connectivity index (χ2n) is 16.8. The number of hydrogen-bond donors (Lipinski definition) is 1. The van der Waals surface area contributed by atoms with Gasteiger partial charge in [0.2, 0.25) is 23.6 Å². The summed E-state index contributed by atoms with van der Waals surface area (Å²) in [6.07, 6.45) is 47.7. The highest BCUT2D eigenvalue weighted by Crippen LogP contribution is 2.24. The van der Waals surface area contributed by atoms with E-state index in [9.17, 15) is 19.2 Å². The van der Waals surface area contributed by atoms with Crippen LogP contribution in [0.1, 0.15) is 219 Å². The summed E-state index contributed by atoms with van der Waals surface area (Å²) in [6.45, 7) is 6.11. The molecule has 1 N–H and O–H groups in total. The Kier molecular flexibility index (Phi) is 30.1. The number of imide groups is 2. The van der Waals surface area contributed by atoms with Crippen LogP contribution < -0.4 is 5.32 Å². The first-order chi connectivity index (χ1) is 27.0. The summed E-state index contributed by atoms with van der Waals surface area (Å²) in [6, 6.07) is 0. The number of hydrogen-bond acceptors (Lipinski definition) is 5. The van der Waals surface area contributed by atoms with Gasteiger partial charge in [0, 0.05) is 39.0 Å². The van der Waals surface area contributed by atoms with E-state index in [1.165, 1.54) is 177 Å². The van der Waals surface area contributed by atoms with E-state index in [4.69, 9.17) is 0 Å². The molecule has 2 rings (SSSR count). The van der Waals surface area contributed by atoms with Gasteiger partial charge in [0.05, 0.1) is 11.8 Å². The molecule has 2 unspecified atom stereocenters. The molecule has 2 aliphatic rings. The van der Waals surface area contributed by atoms with Crippen LogP contribution in [-0.2, 0) is 19.2 Å². The molecule has 0 aromatic carbocycles. The van der Waals surface area contributed by atoms with Crippen molar-refractivity contribution in [3.05, 3.63) is 24.3 Å². The number of nitrogens with zero attached hydrogens (tertiary/aromatic N) is 2. The molecule has 0 bridgehead atoms. The van der Waals surface area contributed by atoms with Crippen molar-refractivity contribution < 1.29 is 19.2 Å². The van der Waals surface area contributed by atoms with Crippen LogP contribution in [0.5, 0.6) is 0 Å². The van der Waals surface area contributed by atoms with E-state index in [-0.39, 0.29) is 48.3 Å². The predicted molar refractivity (Wildman–Crippen MR) is 231 cm³/mol. The molecule has 2 aliphatic heterocycles. The molecule has 2 fully saturated rings. The fourth-order valence-electron chi connectivity index (χ4n) is 8.16. The van der Waals surface area contributed by atoms with Crippen LogP contribution in [0, 0.1) is 11.8 Å². The molecule has 0 spiro atoms. The van der Waals surface area contributed by atoms with Crippen molar-refractivity contribution in [2.24, 2.45) is 11.8 Å². The molecule has 7 nitrogen and oxygen atoms in total. The molecule has 0 aromatic heterocycles. The number of unbranched alkanes of at least 4 members (excludes halogenated alkanes) is 26. The Balaban J connectivity index is 1.44. The van der Waals surface area contributed by atoms with Crippen molar-refractivity contribution in [2.75, 3.05) is 26.2 Å². The maximum atomic E-state index is 12.9. The molecule has 316 valence electrons. The number of allylic oxidation sites excluding steroid dienone is 4. The smallest absolute Gasteiger partial charge is 0.233 e. The molecule has 0 aliphatic carbocycles. The number of nitrogens with one attached hydrogen (secondary N) is 1. The zero-order valence-corrected chi connectivity index (χ0v) is 35.9. The van der Waals surface area contributed by atoms with Gasteiger partial charge in [-0.3, -0.25) is 29.0 Å². The summed E-state index contributed by atoms with van der Waals surface area (Å²) >= 11 is 0. The molecular weight excluding hydrogens is 683 g/mol.